The van der Waals surface area contributed by atoms with Crippen molar-refractivity contribution in [1.29, 1.82) is 0 Å². The van der Waals surface area contributed by atoms with Crippen LogP contribution in [0.3, 0.4) is 0 Å². The molecular formula is C12H18O4S3. The van der Waals surface area contributed by atoms with E-state index in [1.54, 1.807) is 11.8 Å². The minimum absolute atomic E-state index is 0.252. The van der Waals surface area contributed by atoms with E-state index >= 15 is 0 Å². The van der Waals surface area contributed by atoms with E-state index in [0.717, 1.165) is 35.0 Å². The van der Waals surface area contributed by atoms with E-state index in [-0.39, 0.29) is 23.8 Å². The molecule has 0 atom stereocenters. The molecule has 4 nitrogen and oxygen atoms in total. The number of hydrogen-bond acceptors (Lipinski definition) is 7. The van der Waals surface area contributed by atoms with Crippen molar-refractivity contribution in [2.24, 2.45) is 0 Å². The van der Waals surface area contributed by atoms with E-state index in [9.17, 15) is 9.59 Å². The Kier molecular flexibility index (Phi) is 13.5. The molecule has 0 N–H and O–H groups in total. The summed E-state index contributed by atoms with van der Waals surface area (Å²) in [7, 11) is 0. The summed E-state index contributed by atoms with van der Waals surface area (Å²) >= 11 is 3.99. The van der Waals surface area contributed by atoms with Crippen molar-refractivity contribution in [1.82, 2.24) is 0 Å². The first kappa shape index (κ1) is 18.5. The van der Waals surface area contributed by atoms with E-state index in [2.05, 4.69) is 13.2 Å². The Morgan fingerprint density at radius 2 is 1.26 bits per heavy atom. The zero-order valence-electron chi connectivity index (χ0n) is 10.7. The second kappa shape index (κ2) is 13.9. The maximum absolute atomic E-state index is 11.1. The summed E-state index contributed by atoms with van der Waals surface area (Å²) in [5.41, 5.74) is 0. The average molecular weight is 322 g/mol. The van der Waals surface area contributed by atoms with Crippen LogP contribution in [0.4, 0.5) is 9.59 Å². The first-order chi connectivity index (χ1) is 9.20. The summed E-state index contributed by atoms with van der Waals surface area (Å²) in [6.07, 6.45) is 3.08. The molecule has 0 aromatic carbocycles. The van der Waals surface area contributed by atoms with Gasteiger partial charge in [0.05, 0.1) is 0 Å². The van der Waals surface area contributed by atoms with Crippen molar-refractivity contribution in [2.45, 2.75) is 0 Å². The molecule has 0 aliphatic carbocycles. The van der Waals surface area contributed by atoms with Crippen LogP contribution >= 0.6 is 35.3 Å². The minimum atomic E-state index is -0.275. The molecule has 0 unspecified atom stereocenters. The third-order valence-corrected chi connectivity index (χ3v) is 4.56. The van der Waals surface area contributed by atoms with Crippen LogP contribution < -0.4 is 0 Å². The van der Waals surface area contributed by atoms with Gasteiger partial charge in [-0.1, -0.05) is 25.3 Å². The molecule has 108 valence electrons. The molecule has 0 saturated heterocycles. The molecule has 0 rings (SSSR count). The highest BCUT2D eigenvalue weighted by Gasteiger charge is 2.04. The van der Waals surface area contributed by atoms with Crippen LogP contribution in [0.1, 0.15) is 0 Å². The van der Waals surface area contributed by atoms with Gasteiger partial charge in [-0.05, 0) is 23.5 Å². The number of carbonyl (C=O) groups excluding carboxylic acids is 2. The van der Waals surface area contributed by atoms with Gasteiger partial charge in [0.1, 0.15) is 13.2 Å². The van der Waals surface area contributed by atoms with Crippen LogP contribution in [-0.4, -0.2) is 46.8 Å². The monoisotopic (exact) mass is 322 g/mol. The van der Waals surface area contributed by atoms with Crippen molar-refractivity contribution < 1.29 is 19.1 Å². The van der Waals surface area contributed by atoms with Gasteiger partial charge in [-0.15, -0.1) is 0 Å². The van der Waals surface area contributed by atoms with E-state index in [4.69, 9.17) is 9.47 Å². The van der Waals surface area contributed by atoms with Gasteiger partial charge in [-0.25, -0.2) is 9.59 Å². The molecule has 0 saturated carbocycles. The topological polar surface area (TPSA) is 52.6 Å². The van der Waals surface area contributed by atoms with E-state index in [1.165, 1.54) is 12.2 Å². The van der Waals surface area contributed by atoms with Gasteiger partial charge in [-0.2, -0.15) is 11.8 Å². The molecule has 19 heavy (non-hydrogen) atoms. The second-order valence-electron chi connectivity index (χ2n) is 3.01. The normalized spacial score (nSPS) is 9.68. The number of ether oxygens (including phenoxy) is 2. The molecule has 0 bridgehead atoms. The molecular weight excluding hydrogens is 304 g/mol. The highest BCUT2D eigenvalue weighted by atomic mass is 32.2. The summed E-state index contributed by atoms with van der Waals surface area (Å²) in [6, 6.07) is 0. The van der Waals surface area contributed by atoms with Crippen molar-refractivity contribution in [3.8, 4) is 0 Å². The van der Waals surface area contributed by atoms with Gasteiger partial charge < -0.3 is 9.47 Å². The molecule has 0 aliphatic rings. The molecule has 7 heteroatoms. The molecule has 0 amide bonds. The Bertz CT molecular complexity index is 267. The molecule has 0 fully saturated rings. The fourth-order valence-corrected chi connectivity index (χ4v) is 3.26. The fraction of sp³-hybridized carbons (Fsp3) is 0.500. The van der Waals surface area contributed by atoms with Crippen molar-refractivity contribution in [2.75, 3.05) is 36.2 Å². The largest absolute Gasteiger partial charge is 0.453 e. The zero-order valence-corrected chi connectivity index (χ0v) is 13.1. The molecule has 0 aromatic rings. The minimum Gasteiger partial charge on any atom is -0.453 e. The Hall–Kier alpha value is -0.530. The standard InChI is InChI=1S/C12H18O4S3/c1-3-5-15-11(13)18-9-7-17-8-10-19-12(14)16-6-4-2/h3-4H,1-2,5-10H2. The lowest BCUT2D eigenvalue weighted by Crippen LogP contribution is -2.01. The summed E-state index contributed by atoms with van der Waals surface area (Å²) in [5.74, 6) is 3.09. The van der Waals surface area contributed by atoms with Gasteiger partial charge in [0.2, 0.25) is 0 Å². The Morgan fingerprint density at radius 3 is 1.63 bits per heavy atom. The average Bonchev–Trinajstić information content (AvgIpc) is 2.41. The van der Waals surface area contributed by atoms with E-state index in [0.29, 0.717) is 11.5 Å². The van der Waals surface area contributed by atoms with Crippen molar-refractivity contribution in [3.63, 3.8) is 0 Å². The van der Waals surface area contributed by atoms with Crippen LogP contribution in [0.2, 0.25) is 0 Å². The van der Waals surface area contributed by atoms with Crippen LogP contribution in [0, 0.1) is 0 Å². The molecule has 0 heterocycles. The SMILES string of the molecule is C=CCOC(=O)SCCSCCSC(=O)OCC=C. The zero-order chi connectivity index (χ0) is 14.3. The number of hydrogen-bond donors (Lipinski definition) is 0. The second-order valence-corrected chi connectivity index (χ2v) is 6.29. The number of carbonyl (C=O) groups is 2. The number of rotatable bonds is 10. The summed E-state index contributed by atoms with van der Waals surface area (Å²) < 4.78 is 9.62. The first-order valence-electron chi connectivity index (χ1n) is 5.59. The van der Waals surface area contributed by atoms with Gasteiger partial charge >= 0.3 is 10.6 Å². The van der Waals surface area contributed by atoms with Crippen molar-refractivity contribution in [3.05, 3.63) is 25.3 Å². The Balaban J connectivity index is 3.26. The third kappa shape index (κ3) is 13.7. The smallest absolute Gasteiger partial charge is 0.367 e. The maximum Gasteiger partial charge on any atom is 0.367 e. The predicted molar refractivity (Wildman–Crippen MR) is 85.3 cm³/mol. The fourth-order valence-electron chi connectivity index (χ4n) is 0.807. The number of thioether (sulfide) groups is 3. The molecule has 0 aromatic heterocycles. The van der Waals surface area contributed by atoms with Crippen LogP contribution in [0.5, 0.6) is 0 Å². The quantitative estimate of drug-likeness (QED) is 0.344. The summed E-state index contributed by atoms with van der Waals surface area (Å²) in [5, 5.41) is -0.550. The van der Waals surface area contributed by atoms with Gasteiger partial charge in [0.25, 0.3) is 0 Å². The Labute approximate surface area is 126 Å². The maximum atomic E-state index is 11.1. The van der Waals surface area contributed by atoms with Gasteiger partial charge in [0, 0.05) is 23.0 Å². The highest BCUT2D eigenvalue weighted by Crippen LogP contribution is 2.13. The van der Waals surface area contributed by atoms with E-state index in [1.807, 2.05) is 0 Å². The van der Waals surface area contributed by atoms with E-state index < -0.39 is 0 Å². The van der Waals surface area contributed by atoms with Crippen LogP contribution in [-0.2, 0) is 9.47 Å². The predicted octanol–water partition coefficient (Wildman–Crippen LogP) is 3.83. The lowest BCUT2D eigenvalue weighted by molar-refractivity contribution is 0.187. The van der Waals surface area contributed by atoms with Gasteiger partial charge in [0.15, 0.2) is 0 Å². The van der Waals surface area contributed by atoms with Crippen LogP contribution in [0.15, 0.2) is 25.3 Å². The first-order valence-corrected chi connectivity index (χ1v) is 8.72. The van der Waals surface area contributed by atoms with Gasteiger partial charge in [-0.3, -0.25) is 0 Å². The lowest BCUT2D eigenvalue weighted by atomic mass is 10.7. The summed E-state index contributed by atoms with van der Waals surface area (Å²) in [6.45, 7) is 7.42. The summed E-state index contributed by atoms with van der Waals surface area (Å²) in [4.78, 5) is 22.2. The highest BCUT2D eigenvalue weighted by molar-refractivity contribution is 8.14. The lowest BCUT2D eigenvalue weighted by Gasteiger charge is -2.02. The third-order valence-electron chi connectivity index (χ3n) is 1.53. The molecule has 0 radical (unpaired) electrons. The van der Waals surface area contributed by atoms with Crippen LogP contribution in [0.25, 0.3) is 0 Å². The molecule has 0 spiro atoms. The Morgan fingerprint density at radius 1 is 0.842 bits per heavy atom. The molecule has 0 aliphatic heterocycles. The van der Waals surface area contributed by atoms with Crippen molar-refractivity contribution >= 4 is 45.9 Å².